The minimum absolute atomic E-state index is 0.0110. The summed E-state index contributed by atoms with van der Waals surface area (Å²) in [5, 5.41) is 0.412. The largest absolute Gasteiger partial charge is 0.493 e. The van der Waals surface area contributed by atoms with Crippen LogP contribution in [-0.4, -0.2) is 71.6 Å². The number of carbonyl (C=O) groups is 3. The summed E-state index contributed by atoms with van der Waals surface area (Å²) < 4.78 is 96.0. The van der Waals surface area contributed by atoms with Crippen LogP contribution in [0.2, 0.25) is 0 Å². The van der Waals surface area contributed by atoms with Crippen LogP contribution in [0.4, 0.5) is 36.8 Å². The number of thioether (sulfide) groups is 1. The first kappa shape index (κ1) is 34.1. The number of amides is 3. The lowest BCUT2D eigenvalue weighted by molar-refractivity contribution is -0.143. The normalized spacial score (nSPS) is 15.7. The summed E-state index contributed by atoms with van der Waals surface area (Å²) in [6.45, 7) is -0.361. The van der Waals surface area contributed by atoms with Crippen LogP contribution in [-0.2, 0) is 33.3 Å². The van der Waals surface area contributed by atoms with Gasteiger partial charge in [-0.1, -0.05) is 30.1 Å². The lowest BCUT2D eigenvalue weighted by Crippen LogP contribution is -2.43. The molecule has 250 valence electrons. The molecule has 3 aromatic rings. The number of ether oxygens (including phenoxy) is 2. The highest BCUT2D eigenvalue weighted by atomic mass is 32.2. The zero-order valence-corrected chi connectivity index (χ0v) is 26.3. The van der Waals surface area contributed by atoms with Crippen molar-refractivity contribution in [3.63, 3.8) is 0 Å². The molecule has 0 bridgehead atoms. The van der Waals surface area contributed by atoms with Crippen LogP contribution >= 0.6 is 24.0 Å². The van der Waals surface area contributed by atoms with Gasteiger partial charge in [0, 0.05) is 25.5 Å². The Morgan fingerprint density at radius 1 is 1.06 bits per heavy atom. The third-order valence-electron chi connectivity index (χ3n) is 7.55. The summed E-state index contributed by atoms with van der Waals surface area (Å²) in [7, 11) is 2.72. The molecule has 3 heterocycles. The van der Waals surface area contributed by atoms with Gasteiger partial charge in [0.05, 0.1) is 29.7 Å². The number of fused-ring (bicyclic) bond motifs is 1. The van der Waals surface area contributed by atoms with E-state index in [9.17, 15) is 40.7 Å². The second-order valence-corrected chi connectivity index (χ2v) is 12.2. The number of hydrogen-bond donors (Lipinski definition) is 0. The zero-order chi connectivity index (χ0) is 34.3. The number of furan rings is 1. The van der Waals surface area contributed by atoms with E-state index in [2.05, 4.69) is 0 Å². The number of rotatable bonds is 7. The monoisotopic (exact) mass is 701 g/mol. The van der Waals surface area contributed by atoms with Crippen molar-refractivity contribution >= 4 is 68.4 Å². The standard InChI is InChI=1S/C30H25F6N3O6S2/c1-37(27(42)45-13-16-7-19(29(31,32)33)11-20(8-16)30(34,35)36)22-14-44-26-21(22)9-18(10-23(26)43-2)17-3-5-38(6-4-17)24(40)12-39-25(41)15-47-28(39)46/h3,7-11,14H,4-6,12-13,15H2,1-2H3. The number of halogens is 6. The minimum atomic E-state index is -5.05. The molecule has 1 saturated heterocycles. The van der Waals surface area contributed by atoms with Gasteiger partial charge in [0.2, 0.25) is 11.8 Å². The number of methoxy groups -OCH3 is 1. The summed E-state index contributed by atoms with van der Waals surface area (Å²) in [5.74, 6) is 0.0795. The van der Waals surface area contributed by atoms with Gasteiger partial charge in [-0.25, -0.2) is 4.79 Å². The first-order chi connectivity index (χ1) is 22.1. The molecule has 17 heteroatoms. The molecule has 0 aliphatic carbocycles. The average molecular weight is 702 g/mol. The number of thiocarbonyl (C=S) groups is 1. The van der Waals surface area contributed by atoms with Gasteiger partial charge in [0.15, 0.2) is 11.3 Å². The van der Waals surface area contributed by atoms with E-state index in [0.717, 1.165) is 10.5 Å². The molecule has 0 radical (unpaired) electrons. The third kappa shape index (κ3) is 7.35. The molecule has 1 fully saturated rings. The molecule has 0 saturated carbocycles. The summed E-state index contributed by atoms with van der Waals surface area (Å²) in [4.78, 5) is 41.7. The molecule has 3 amide bonds. The molecule has 1 aromatic heterocycles. The van der Waals surface area contributed by atoms with Gasteiger partial charge in [0.1, 0.15) is 23.7 Å². The minimum Gasteiger partial charge on any atom is -0.493 e. The van der Waals surface area contributed by atoms with Gasteiger partial charge in [-0.3, -0.25) is 19.4 Å². The maximum atomic E-state index is 13.2. The Kier molecular flexibility index (Phi) is 9.50. The van der Waals surface area contributed by atoms with Crippen LogP contribution in [0.3, 0.4) is 0 Å². The van der Waals surface area contributed by atoms with Crippen molar-refractivity contribution < 1.29 is 54.6 Å². The van der Waals surface area contributed by atoms with E-state index in [1.54, 1.807) is 17.0 Å². The maximum Gasteiger partial charge on any atom is 0.416 e. The fourth-order valence-corrected chi connectivity index (χ4v) is 6.13. The van der Waals surface area contributed by atoms with E-state index in [0.29, 0.717) is 46.1 Å². The fraction of sp³-hybridized carbons (Fsp3) is 0.333. The van der Waals surface area contributed by atoms with Gasteiger partial charge < -0.3 is 18.8 Å². The second kappa shape index (κ2) is 13.1. The van der Waals surface area contributed by atoms with Crippen molar-refractivity contribution in [3.8, 4) is 5.75 Å². The number of anilines is 1. The molecule has 2 aromatic carbocycles. The van der Waals surface area contributed by atoms with E-state index >= 15 is 0 Å². The maximum absolute atomic E-state index is 13.2. The van der Waals surface area contributed by atoms with Crippen LogP contribution in [0, 0.1) is 0 Å². The molecule has 2 aliphatic rings. The SMILES string of the molecule is COc1cc(C2=CCN(C(=O)CN3C(=O)CSC3=S)CC2)cc2c(N(C)C(=O)OCc3cc(C(F)(F)F)cc(C(F)(F)F)c3)coc12. The molecular weight excluding hydrogens is 676 g/mol. The van der Waals surface area contributed by atoms with Crippen LogP contribution in [0.25, 0.3) is 16.5 Å². The van der Waals surface area contributed by atoms with Crippen molar-refractivity contribution in [2.24, 2.45) is 0 Å². The van der Waals surface area contributed by atoms with Crippen molar-refractivity contribution in [3.05, 3.63) is 64.9 Å². The number of benzene rings is 2. The van der Waals surface area contributed by atoms with E-state index in [1.165, 1.54) is 37.1 Å². The van der Waals surface area contributed by atoms with Crippen LogP contribution in [0.1, 0.15) is 28.7 Å². The molecular formula is C30H25F6N3O6S2. The molecule has 0 spiro atoms. The summed E-state index contributed by atoms with van der Waals surface area (Å²) in [6.07, 6.45) is -7.62. The van der Waals surface area contributed by atoms with Gasteiger partial charge in [0.25, 0.3) is 0 Å². The topological polar surface area (TPSA) is 92.5 Å². The van der Waals surface area contributed by atoms with Gasteiger partial charge in [-0.05, 0) is 53.5 Å². The molecule has 9 nitrogen and oxygen atoms in total. The highest BCUT2D eigenvalue weighted by Gasteiger charge is 2.37. The van der Waals surface area contributed by atoms with Gasteiger partial charge in [-0.2, -0.15) is 26.3 Å². The number of alkyl halides is 6. The summed E-state index contributed by atoms with van der Waals surface area (Å²) >= 11 is 6.36. The predicted molar refractivity (Wildman–Crippen MR) is 164 cm³/mol. The van der Waals surface area contributed by atoms with E-state index in [4.69, 9.17) is 26.1 Å². The lowest BCUT2D eigenvalue weighted by Gasteiger charge is -2.28. The zero-order valence-electron chi connectivity index (χ0n) is 24.7. The Labute approximate surface area is 273 Å². The Balaban J connectivity index is 1.33. The van der Waals surface area contributed by atoms with Crippen LogP contribution < -0.4 is 9.64 Å². The Morgan fingerprint density at radius 3 is 2.30 bits per heavy atom. The van der Waals surface area contributed by atoms with Crippen molar-refractivity contribution in [2.75, 3.05) is 44.4 Å². The van der Waals surface area contributed by atoms with E-state index in [1.807, 2.05) is 6.08 Å². The number of carbonyl (C=O) groups excluding carboxylic acids is 3. The summed E-state index contributed by atoms with van der Waals surface area (Å²) in [5.41, 5.74) is -1.52. The first-order valence-electron chi connectivity index (χ1n) is 13.8. The molecule has 47 heavy (non-hydrogen) atoms. The Morgan fingerprint density at radius 2 is 1.74 bits per heavy atom. The van der Waals surface area contributed by atoms with Crippen molar-refractivity contribution in [1.82, 2.24) is 9.80 Å². The molecule has 5 rings (SSSR count). The molecule has 0 unspecified atom stereocenters. The molecule has 0 atom stereocenters. The smallest absolute Gasteiger partial charge is 0.416 e. The lowest BCUT2D eigenvalue weighted by atomic mass is 9.97. The van der Waals surface area contributed by atoms with Gasteiger partial charge in [-0.15, -0.1) is 0 Å². The number of hydrogen-bond acceptors (Lipinski definition) is 8. The predicted octanol–water partition coefficient (Wildman–Crippen LogP) is 6.73. The summed E-state index contributed by atoms with van der Waals surface area (Å²) in [6, 6.07) is 4.41. The third-order valence-corrected chi connectivity index (χ3v) is 8.98. The second-order valence-electron chi connectivity index (χ2n) is 10.6. The fourth-order valence-electron chi connectivity index (χ4n) is 5.06. The quantitative estimate of drug-likeness (QED) is 0.198. The van der Waals surface area contributed by atoms with E-state index in [-0.39, 0.29) is 48.0 Å². The Hall–Kier alpha value is -4.25. The van der Waals surface area contributed by atoms with Crippen LogP contribution in [0.5, 0.6) is 5.75 Å². The van der Waals surface area contributed by atoms with Crippen molar-refractivity contribution in [1.29, 1.82) is 0 Å². The molecule has 2 aliphatic heterocycles. The van der Waals surface area contributed by atoms with Crippen LogP contribution in [0.15, 0.2) is 47.1 Å². The Bertz CT molecular complexity index is 1740. The first-order valence-corrected chi connectivity index (χ1v) is 15.2. The van der Waals surface area contributed by atoms with E-state index < -0.39 is 41.7 Å². The molecule has 0 N–H and O–H groups in total. The number of nitrogens with zero attached hydrogens (tertiary/aromatic N) is 3. The highest BCUT2D eigenvalue weighted by molar-refractivity contribution is 8.23. The van der Waals surface area contributed by atoms with Crippen molar-refractivity contribution in [2.45, 2.75) is 25.4 Å². The highest BCUT2D eigenvalue weighted by Crippen LogP contribution is 2.40. The van der Waals surface area contributed by atoms with Gasteiger partial charge >= 0.3 is 18.4 Å². The average Bonchev–Trinajstić information content (AvgIpc) is 3.60.